The summed E-state index contributed by atoms with van der Waals surface area (Å²) in [6, 6.07) is 7.81. The molecule has 0 amide bonds. The lowest BCUT2D eigenvalue weighted by atomic mass is 10.2. The Balaban J connectivity index is 2.53. The number of hydrogen-bond acceptors (Lipinski definition) is 4. The minimum atomic E-state index is -0.475. The van der Waals surface area contributed by atoms with Gasteiger partial charge in [0.15, 0.2) is 0 Å². The first-order chi connectivity index (χ1) is 8.17. The Bertz CT molecular complexity index is 313. The molecule has 1 N–H and O–H groups in total. The second kappa shape index (κ2) is 7.14. The number of benzene rings is 1. The van der Waals surface area contributed by atoms with Gasteiger partial charge in [-0.25, -0.2) is 0 Å². The molecule has 1 rings (SSSR count). The molecule has 0 spiro atoms. The van der Waals surface area contributed by atoms with E-state index in [0.29, 0.717) is 19.8 Å². The lowest BCUT2D eigenvalue weighted by Gasteiger charge is -2.22. The lowest BCUT2D eigenvalue weighted by molar-refractivity contribution is 0.0695. The van der Waals surface area contributed by atoms with Gasteiger partial charge in [-0.2, -0.15) is 0 Å². The topological polar surface area (TPSA) is 41.9 Å². The second-order valence-corrected chi connectivity index (χ2v) is 3.92. The molecule has 1 aromatic carbocycles. The van der Waals surface area contributed by atoms with Gasteiger partial charge in [-0.05, 0) is 31.2 Å². The molecule has 0 aliphatic rings. The summed E-state index contributed by atoms with van der Waals surface area (Å²) in [5.74, 6) is 0.863. The Morgan fingerprint density at radius 2 is 1.94 bits per heavy atom. The Morgan fingerprint density at radius 3 is 2.47 bits per heavy atom. The molecule has 0 aliphatic heterocycles. The Hall–Kier alpha value is -1.26. The maximum atomic E-state index is 9.63. The van der Waals surface area contributed by atoms with Crippen molar-refractivity contribution in [3.8, 4) is 5.75 Å². The highest BCUT2D eigenvalue weighted by Gasteiger charge is 2.08. The molecule has 0 saturated heterocycles. The van der Waals surface area contributed by atoms with Crippen LogP contribution in [-0.2, 0) is 4.74 Å². The van der Waals surface area contributed by atoms with Gasteiger partial charge in [0, 0.05) is 26.4 Å². The van der Waals surface area contributed by atoms with E-state index in [0.717, 1.165) is 11.4 Å². The van der Waals surface area contributed by atoms with Crippen molar-refractivity contribution in [2.24, 2.45) is 0 Å². The van der Waals surface area contributed by atoms with Crippen LogP contribution in [0.3, 0.4) is 0 Å². The fourth-order valence-electron chi connectivity index (χ4n) is 1.63. The molecule has 96 valence electrons. The fourth-order valence-corrected chi connectivity index (χ4v) is 1.63. The average molecular weight is 239 g/mol. The van der Waals surface area contributed by atoms with Crippen molar-refractivity contribution in [2.45, 2.75) is 13.0 Å². The number of hydrogen-bond donors (Lipinski definition) is 1. The predicted molar refractivity (Wildman–Crippen MR) is 68.8 cm³/mol. The number of rotatable bonds is 7. The van der Waals surface area contributed by atoms with Crippen LogP contribution in [0.2, 0.25) is 0 Å². The number of nitrogens with zero attached hydrogens (tertiary/aromatic N) is 1. The van der Waals surface area contributed by atoms with Crippen LogP contribution >= 0.6 is 0 Å². The first kappa shape index (κ1) is 13.8. The summed E-state index contributed by atoms with van der Waals surface area (Å²) in [5.41, 5.74) is 1.05. The second-order valence-electron chi connectivity index (χ2n) is 3.92. The summed E-state index contributed by atoms with van der Waals surface area (Å²) in [7, 11) is 3.52. The zero-order valence-corrected chi connectivity index (χ0v) is 10.7. The summed E-state index contributed by atoms with van der Waals surface area (Å²) >= 11 is 0. The summed E-state index contributed by atoms with van der Waals surface area (Å²) < 4.78 is 10.3. The molecule has 1 aromatic rings. The van der Waals surface area contributed by atoms with Crippen molar-refractivity contribution in [2.75, 3.05) is 38.8 Å². The third-order valence-corrected chi connectivity index (χ3v) is 2.43. The van der Waals surface area contributed by atoms with Crippen molar-refractivity contribution < 1.29 is 14.6 Å². The standard InChI is InChI=1S/C13H21NO3/c1-4-17-13-7-5-11(6-8-13)14(2)9-12(15)10-16-3/h5-8,12,15H,4,9-10H2,1-3H3. The van der Waals surface area contributed by atoms with Gasteiger partial charge in [0.2, 0.25) is 0 Å². The zero-order chi connectivity index (χ0) is 12.7. The number of methoxy groups -OCH3 is 1. The van der Waals surface area contributed by atoms with E-state index in [9.17, 15) is 5.11 Å². The molecule has 0 fully saturated rings. The maximum Gasteiger partial charge on any atom is 0.119 e. The van der Waals surface area contributed by atoms with E-state index in [2.05, 4.69) is 0 Å². The largest absolute Gasteiger partial charge is 0.494 e. The first-order valence-electron chi connectivity index (χ1n) is 5.78. The van der Waals surface area contributed by atoms with Gasteiger partial charge < -0.3 is 19.5 Å². The summed E-state index contributed by atoms with van der Waals surface area (Å²) in [4.78, 5) is 1.99. The molecule has 1 unspecified atom stereocenters. The van der Waals surface area contributed by atoms with Crippen molar-refractivity contribution in [1.29, 1.82) is 0 Å². The Morgan fingerprint density at radius 1 is 1.29 bits per heavy atom. The molecule has 0 heterocycles. The molecular weight excluding hydrogens is 218 g/mol. The van der Waals surface area contributed by atoms with E-state index in [1.54, 1.807) is 7.11 Å². The first-order valence-corrected chi connectivity index (χ1v) is 5.78. The highest BCUT2D eigenvalue weighted by Crippen LogP contribution is 2.18. The number of anilines is 1. The van der Waals surface area contributed by atoms with E-state index in [4.69, 9.17) is 9.47 Å². The number of ether oxygens (including phenoxy) is 2. The number of likely N-dealkylation sites (N-methyl/N-ethyl adjacent to an activating group) is 1. The van der Waals surface area contributed by atoms with Gasteiger partial charge in [0.05, 0.1) is 19.3 Å². The molecule has 1 atom stereocenters. The smallest absolute Gasteiger partial charge is 0.119 e. The van der Waals surface area contributed by atoms with Crippen molar-refractivity contribution in [1.82, 2.24) is 0 Å². The molecule has 0 aliphatic carbocycles. The van der Waals surface area contributed by atoms with Crippen molar-refractivity contribution >= 4 is 5.69 Å². The normalized spacial score (nSPS) is 12.2. The van der Waals surface area contributed by atoms with Crippen molar-refractivity contribution in [3.05, 3.63) is 24.3 Å². The molecular formula is C13H21NO3. The molecule has 0 bridgehead atoms. The van der Waals surface area contributed by atoms with Crippen LogP contribution in [0, 0.1) is 0 Å². The van der Waals surface area contributed by atoms with Crippen LogP contribution < -0.4 is 9.64 Å². The SMILES string of the molecule is CCOc1ccc(N(C)CC(O)COC)cc1. The Kier molecular flexibility index (Phi) is 5.80. The van der Waals surface area contributed by atoms with Gasteiger partial charge in [0.1, 0.15) is 5.75 Å². The van der Waals surface area contributed by atoms with Crippen LogP contribution in [0.25, 0.3) is 0 Å². The van der Waals surface area contributed by atoms with Gasteiger partial charge in [-0.15, -0.1) is 0 Å². The third-order valence-electron chi connectivity index (χ3n) is 2.43. The Labute approximate surface area is 103 Å². The van der Waals surface area contributed by atoms with Crippen LogP contribution in [0.15, 0.2) is 24.3 Å². The van der Waals surface area contributed by atoms with E-state index < -0.39 is 6.10 Å². The van der Waals surface area contributed by atoms with Crippen LogP contribution in [0.1, 0.15) is 6.92 Å². The third kappa shape index (κ3) is 4.63. The minimum absolute atomic E-state index is 0.349. The molecule has 0 radical (unpaired) electrons. The highest BCUT2D eigenvalue weighted by atomic mass is 16.5. The zero-order valence-electron chi connectivity index (χ0n) is 10.7. The van der Waals surface area contributed by atoms with Crippen LogP contribution in [0.4, 0.5) is 5.69 Å². The van der Waals surface area contributed by atoms with E-state index in [1.165, 1.54) is 0 Å². The molecule has 0 aromatic heterocycles. The van der Waals surface area contributed by atoms with Crippen LogP contribution in [0.5, 0.6) is 5.75 Å². The summed E-state index contributed by atoms with van der Waals surface area (Å²) in [5, 5.41) is 9.63. The van der Waals surface area contributed by atoms with Crippen molar-refractivity contribution in [3.63, 3.8) is 0 Å². The average Bonchev–Trinajstić information content (AvgIpc) is 2.30. The quantitative estimate of drug-likeness (QED) is 0.783. The van der Waals surface area contributed by atoms with Crippen LogP contribution in [-0.4, -0.2) is 45.1 Å². The van der Waals surface area contributed by atoms with E-state index in [-0.39, 0.29) is 0 Å². The molecule has 4 nitrogen and oxygen atoms in total. The van der Waals surface area contributed by atoms with Gasteiger partial charge in [-0.1, -0.05) is 0 Å². The summed E-state index contributed by atoms with van der Waals surface area (Å²) in [6.07, 6.45) is -0.475. The lowest BCUT2D eigenvalue weighted by Crippen LogP contribution is -2.31. The fraction of sp³-hybridized carbons (Fsp3) is 0.538. The molecule has 4 heteroatoms. The maximum absolute atomic E-state index is 9.63. The molecule has 0 saturated carbocycles. The van der Waals surface area contributed by atoms with Gasteiger partial charge >= 0.3 is 0 Å². The number of aliphatic hydroxyl groups excluding tert-OH is 1. The van der Waals surface area contributed by atoms with E-state index in [1.807, 2.05) is 43.1 Å². The molecule has 17 heavy (non-hydrogen) atoms. The van der Waals surface area contributed by atoms with E-state index >= 15 is 0 Å². The number of aliphatic hydroxyl groups is 1. The van der Waals surface area contributed by atoms with Gasteiger partial charge in [0.25, 0.3) is 0 Å². The minimum Gasteiger partial charge on any atom is -0.494 e. The summed E-state index contributed by atoms with van der Waals surface area (Å²) in [6.45, 7) is 3.52. The monoisotopic (exact) mass is 239 g/mol. The highest BCUT2D eigenvalue weighted by molar-refractivity contribution is 5.48. The predicted octanol–water partition coefficient (Wildman–Crippen LogP) is 1.53. The van der Waals surface area contributed by atoms with Gasteiger partial charge in [-0.3, -0.25) is 0 Å².